The van der Waals surface area contributed by atoms with Crippen LogP contribution in [0.1, 0.15) is 15.9 Å². The van der Waals surface area contributed by atoms with Gasteiger partial charge < -0.3 is 10.1 Å². The molecule has 0 aliphatic carbocycles. The van der Waals surface area contributed by atoms with Gasteiger partial charge >= 0.3 is 0 Å². The number of amides is 1. The van der Waals surface area contributed by atoms with Crippen LogP contribution in [-0.4, -0.2) is 18.0 Å². The van der Waals surface area contributed by atoms with Gasteiger partial charge in [-0.1, -0.05) is 29.8 Å². The molecule has 2 rings (SSSR count). The van der Waals surface area contributed by atoms with Gasteiger partial charge in [0.1, 0.15) is 0 Å². The fourth-order valence-corrected chi connectivity index (χ4v) is 1.85. The summed E-state index contributed by atoms with van der Waals surface area (Å²) in [6.45, 7) is 0.428. The monoisotopic (exact) mass is 276 g/mol. The highest BCUT2D eigenvalue weighted by Gasteiger charge is 2.12. The van der Waals surface area contributed by atoms with Crippen LogP contribution in [-0.2, 0) is 11.3 Å². The van der Waals surface area contributed by atoms with Crippen molar-refractivity contribution >= 4 is 23.2 Å². The molecule has 4 nitrogen and oxygen atoms in total. The average Bonchev–Trinajstić information content (AvgIpc) is 2.41. The molecule has 1 amide bonds. The summed E-state index contributed by atoms with van der Waals surface area (Å²) in [7, 11) is 1.61. The first kappa shape index (κ1) is 13.5. The number of methoxy groups -OCH3 is 1. The summed E-state index contributed by atoms with van der Waals surface area (Å²) in [5.41, 5.74) is 1.95. The van der Waals surface area contributed by atoms with Gasteiger partial charge in [-0.15, -0.1) is 0 Å². The average molecular weight is 277 g/mol. The van der Waals surface area contributed by atoms with Crippen LogP contribution >= 0.6 is 11.6 Å². The molecular weight excluding hydrogens is 264 g/mol. The van der Waals surface area contributed by atoms with E-state index in [2.05, 4.69) is 10.3 Å². The van der Waals surface area contributed by atoms with Crippen LogP contribution in [0.5, 0.6) is 0 Å². The molecule has 0 saturated heterocycles. The van der Waals surface area contributed by atoms with Crippen molar-refractivity contribution in [3.63, 3.8) is 0 Å². The number of rotatable bonds is 4. The van der Waals surface area contributed by atoms with Gasteiger partial charge in [0.05, 0.1) is 17.2 Å². The third-order valence-electron chi connectivity index (χ3n) is 2.58. The number of anilines is 1. The number of carbonyl (C=O) groups is 1. The zero-order valence-corrected chi connectivity index (χ0v) is 11.1. The Morgan fingerprint density at radius 1 is 1.37 bits per heavy atom. The van der Waals surface area contributed by atoms with E-state index in [9.17, 15) is 4.79 Å². The van der Waals surface area contributed by atoms with Crippen LogP contribution in [0.3, 0.4) is 0 Å². The lowest BCUT2D eigenvalue weighted by molar-refractivity contribution is 0.102. The SMILES string of the molecule is COCc1ccccc1NC(=O)c1cnccc1Cl. The smallest absolute Gasteiger partial charge is 0.258 e. The van der Waals surface area contributed by atoms with E-state index in [1.807, 2.05) is 24.3 Å². The summed E-state index contributed by atoms with van der Waals surface area (Å²) in [4.78, 5) is 16.0. The molecule has 0 unspecified atom stereocenters. The number of aromatic nitrogens is 1. The molecule has 0 bridgehead atoms. The standard InChI is InChI=1S/C14H13ClN2O2/c1-19-9-10-4-2-3-5-13(10)17-14(18)11-8-16-7-6-12(11)15/h2-8H,9H2,1H3,(H,17,18). The summed E-state index contributed by atoms with van der Waals surface area (Å²) in [5.74, 6) is -0.290. The topological polar surface area (TPSA) is 51.2 Å². The normalized spacial score (nSPS) is 10.2. The van der Waals surface area contributed by atoms with E-state index in [4.69, 9.17) is 16.3 Å². The van der Waals surface area contributed by atoms with E-state index < -0.39 is 0 Å². The van der Waals surface area contributed by atoms with E-state index in [0.29, 0.717) is 22.9 Å². The maximum atomic E-state index is 12.1. The first-order valence-corrected chi connectivity index (χ1v) is 6.08. The van der Waals surface area contributed by atoms with Gasteiger partial charge in [-0.3, -0.25) is 9.78 Å². The molecular formula is C14H13ClN2O2. The van der Waals surface area contributed by atoms with E-state index in [1.54, 1.807) is 13.2 Å². The summed E-state index contributed by atoms with van der Waals surface area (Å²) < 4.78 is 5.09. The van der Waals surface area contributed by atoms with Crippen LogP contribution in [0.15, 0.2) is 42.7 Å². The van der Waals surface area contributed by atoms with Gasteiger partial charge in [-0.2, -0.15) is 0 Å². The van der Waals surface area contributed by atoms with Crippen molar-refractivity contribution in [2.24, 2.45) is 0 Å². The second kappa shape index (κ2) is 6.31. The van der Waals surface area contributed by atoms with Gasteiger partial charge in [0, 0.05) is 30.8 Å². The second-order valence-electron chi connectivity index (χ2n) is 3.90. The van der Waals surface area contributed by atoms with Gasteiger partial charge in [0.25, 0.3) is 5.91 Å². The second-order valence-corrected chi connectivity index (χ2v) is 4.31. The van der Waals surface area contributed by atoms with Gasteiger partial charge in [0.2, 0.25) is 0 Å². The highest BCUT2D eigenvalue weighted by atomic mass is 35.5. The number of hydrogen-bond acceptors (Lipinski definition) is 3. The Balaban J connectivity index is 2.22. The number of pyridine rings is 1. The molecule has 1 aromatic carbocycles. The van der Waals surface area contributed by atoms with Crippen LogP contribution in [0.4, 0.5) is 5.69 Å². The predicted molar refractivity (Wildman–Crippen MR) is 74.4 cm³/mol. The van der Waals surface area contributed by atoms with E-state index in [0.717, 1.165) is 5.56 Å². The lowest BCUT2D eigenvalue weighted by atomic mass is 10.1. The third kappa shape index (κ3) is 3.30. The largest absolute Gasteiger partial charge is 0.380 e. The maximum Gasteiger partial charge on any atom is 0.258 e. The fraction of sp³-hybridized carbons (Fsp3) is 0.143. The van der Waals surface area contributed by atoms with E-state index in [1.165, 1.54) is 12.4 Å². The minimum Gasteiger partial charge on any atom is -0.380 e. The molecule has 0 radical (unpaired) electrons. The zero-order chi connectivity index (χ0) is 13.7. The van der Waals surface area contributed by atoms with Crippen molar-refractivity contribution in [2.75, 3.05) is 12.4 Å². The zero-order valence-electron chi connectivity index (χ0n) is 10.4. The van der Waals surface area contributed by atoms with Crippen LogP contribution < -0.4 is 5.32 Å². The molecule has 0 spiro atoms. The molecule has 1 heterocycles. The van der Waals surface area contributed by atoms with Crippen molar-refractivity contribution in [3.8, 4) is 0 Å². The number of benzene rings is 1. The van der Waals surface area contributed by atoms with E-state index >= 15 is 0 Å². The Morgan fingerprint density at radius 3 is 2.89 bits per heavy atom. The first-order chi connectivity index (χ1) is 9.22. The molecule has 0 saturated carbocycles. The number of nitrogens with zero attached hydrogens (tertiary/aromatic N) is 1. The van der Waals surface area contributed by atoms with Crippen molar-refractivity contribution < 1.29 is 9.53 Å². The van der Waals surface area contributed by atoms with Crippen molar-refractivity contribution in [2.45, 2.75) is 6.61 Å². The number of ether oxygens (including phenoxy) is 1. The highest BCUT2D eigenvalue weighted by molar-refractivity contribution is 6.34. The summed E-state index contributed by atoms with van der Waals surface area (Å²) in [5, 5.41) is 3.18. The summed E-state index contributed by atoms with van der Waals surface area (Å²) in [6, 6.07) is 9.03. The third-order valence-corrected chi connectivity index (χ3v) is 2.91. The number of nitrogens with one attached hydrogen (secondary N) is 1. The summed E-state index contributed by atoms with van der Waals surface area (Å²) in [6.07, 6.45) is 2.98. The number of hydrogen-bond donors (Lipinski definition) is 1. The van der Waals surface area contributed by atoms with E-state index in [-0.39, 0.29) is 5.91 Å². The van der Waals surface area contributed by atoms with Gasteiger partial charge in [-0.05, 0) is 12.1 Å². The molecule has 0 atom stereocenters. The Hall–Kier alpha value is -1.91. The Bertz CT molecular complexity index is 587. The molecule has 19 heavy (non-hydrogen) atoms. The Kier molecular flexibility index (Phi) is 4.49. The molecule has 1 aromatic heterocycles. The number of para-hydroxylation sites is 1. The maximum absolute atomic E-state index is 12.1. The quantitative estimate of drug-likeness (QED) is 0.933. The lowest BCUT2D eigenvalue weighted by Crippen LogP contribution is -2.14. The highest BCUT2D eigenvalue weighted by Crippen LogP contribution is 2.19. The molecule has 2 aromatic rings. The molecule has 0 fully saturated rings. The molecule has 0 aliphatic heterocycles. The summed E-state index contributed by atoms with van der Waals surface area (Å²) >= 11 is 5.96. The van der Waals surface area contributed by atoms with Gasteiger partial charge in [0.15, 0.2) is 0 Å². The Morgan fingerprint density at radius 2 is 2.16 bits per heavy atom. The Labute approximate surface area is 116 Å². The fourth-order valence-electron chi connectivity index (χ4n) is 1.66. The predicted octanol–water partition coefficient (Wildman–Crippen LogP) is 3.13. The first-order valence-electron chi connectivity index (χ1n) is 5.70. The molecule has 0 aliphatic rings. The van der Waals surface area contributed by atoms with Gasteiger partial charge in [-0.25, -0.2) is 0 Å². The van der Waals surface area contributed by atoms with Crippen molar-refractivity contribution in [1.82, 2.24) is 4.98 Å². The minimum absolute atomic E-state index is 0.290. The molecule has 1 N–H and O–H groups in total. The van der Waals surface area contributed by atoms with Crippen LogP contribution in [0.2, 0.25) is 5.02 Å². The van der Waals surface area contributed by atoms with Crippen molar-refractivity contribution in [1.29, 1.82) is 0 Å². The van der Waals surface area contributed by atoms with Crippen LogP contribution in [0, 0.1) is 0 Å². The molecule has 98 valence electrons. The molecule has 5 heteroatoms. The minimum atomic E-state index is -0.290. The number of carbonyl (C=O) groups excluding carboxylic acids is 1. The van der Waals surface area contributed by atoms with Crippen LogP contribution in [0.25, 0.3) is 0 Å². The van der Waals surface area contributed by atoms with Crippen molar-refractivity contribution in [3.05, 3.63) is 58.9 Å². The number of halogens is 1. The lowest BCUT2D eigenvalue weighted by Gasteiger charge is -2.10.